The molecule has 0 aromatic heterocycles. The van der Waals surface area contributed by atoms with Crippen molar-refractivity contribution in [2.24, 2.45) is 11.3 Å². The fourth-order valence-electron chi connectivity index (χ4n) is 9.83. The Labute approximate surface area is 402 Å². The molecule has 0 radical (unpaired) electrons. The number of hydrogen-bond acceptors (Lipinski definition) is 20. The van der Waals surface area contributed by atoms with Gasteiger partial charge in [0.1, 0.15) is 67.1 Å². The van der Waals surface area contributed by atoms with Gasteiger partial charge in [-0.25, -0.2) is 0 Å². The van der Waals surface area contributed by atoms with Gasteiger partial charge in [0.05, 0.1) is 58.0 Å². The van der Waals surface area contributed by atoms with E-state index < -0.39 is 148 Å². The van der Waals surface area contributed by atoms with Crippen molar-refractivity contribution in [3.63, 3.8) is 0 Å². The van der Waals surface area contributed by atoms with Crippen LogP contribution in [0.15, 0.2) is 0 Å². The first-order valence-corrected chi connectivity index (χ1v) is 25.7. The molecule has 20 heteroatoms. The molecule has 20 nitrogen and oxygen atoms in total. The molecule has 0 aromatic rings. The number of aliphatic hydroxyl groups is 12. The van der Waals surface area contributed by atoms with E-state index in [2.05, 4.69) is 13.8 Å². The second-order valence-corrected chi connectivity index (χ2v) is 19.8. The summed E-state index contributed by atoms with van der Waals surface area (Å²) in [7, 11) is 0. The van der Waals surface area contributed by atoms with Gasteiger partial charge in [-0.05, 0) is 12.8 Å². The van der Waals surface area contributed by atoms with Gasteiger partial charge in [0.15, 0.2) is 25.2 Å². The highest BCUT2D eigenvalue weighted by Gasteiger charge is 2.52. The third-order valence-corrected chi connectivity index (χ3v) is 14.4. The van der Waals surface area contributed by atoms with Crippen LogP contribution in [-0.4, -0.2) is 212 Å². The van der Waals surface area contributed by atoms with Gasteiger partial charge in [0, 0.05) is 17.8 Å². The Hall–Kier alpha value is -0.800. The molecule has 10 unspecified atom stereocenters. The number of rotatable bonds is 32. The van der Waals surface area contributed by atoms with Gasteiger partial charge in [-0.3, -0.25) is 0 Å². The number of ether oxygens (including phenoxy) is 8. The quantitative estimate of drug-likeness (QED) is 0.0411. The molecule has 0 aromatic carbocycles. The summed E-state index contributed by atoms with van der Waals surface area (Å²) in [4.78, 5) is 0. The van der Waals surface area contributed by atoms with Gasteiger partial charge >= 0.3 is 0 Å². The normalized spacial score (nSPS) is 38.2. The maximum Gasteiger partial charge on any atom is 0.187 e. The van der Waals surface area contributed by atoms with E-state index in [0.29, 0.717) is 12.8 Å². The zero-order valence-corrected chi connectivity index (χ0v) is 40.8. The lowest BCUT2D eigenvalue weighted by Gasteiger charge is -2.47. The van der Waals surface area contributed by atoms with E-state index in [1.54, 1.807) is 6.92 Å². The van der Waals surface area contributed by atoms with Gasteiger partial charge in [0.2, 0.25) is 0 Å². The number of unbranched alkanes of at least 4 members (excludes halogenated alkanes) is 14. The Balaban J connectivity index is 1.53. The first-order chi connectivity index (χ1) is 32.7. The molecule has 0 amide bonds. The van der Waals surface area contributed by atoms with Crippen molar-refractivity contribution in [2.75, 3.05) is 39.6 Å². The molecule has 4 heterocycles. The Morgan fingerprint density at radius 2 is 0.824 bits per heavy atom. The highest BCUT2D eigenvalue weighted by Crippen LogP contribution is 2.38. The summed E-state index contributed by atoms with van der Waals surface area (Å²) in [6, 6.07) is 0. The second-order valence-electron chi connectivity index (χ2n) is 19.8. The van der Waals surface area contributed by atoms with Crippen LogP contribution in [0.3, 0.4) is 0 Å². The van der Waals surface area contributed by atoms with Gasteiger partial charge < -0.3 is 99.2 Å². The Bertz CT molecular complexity index is 1300. The molecule has 4 aliphatic heterocycles. The summed E-state index contributed by atoms with van der Waals surface area (Å²) in [5.74, 6) is -0.643. The van der Waals surface area contributed by atoms with Crippen LogP contribution in [0.25, 0.3) is 0 Å². The lowest BCUT2D eigenvalue weighted by atomic mass is 9.79. The van der Waals surface area contributed by atoms with Crippen LogP contribution >= 0.6 is 0 Å². The van der Waals surface area contributed by atoms with Gasteiger partial charge in [-0.1, -0.05) is 124 Å². The third kappa shape index (κ3) is 17.1. The van der Waals surface area contributed by atoms with Crippen molar-refractivity contribution in [3.05, 3.63) is 0 Å². The predicted molar refractivity (Wildman–Crippen MR) is 243 cm³/mol. The maximum absolute atomic E-state index is 11.5. The number of aliphatic hydroxyl groups excluding tert-OH is 12. The van der Waals surface area contributed by atoms with E-state index in [0.717, 1.165) is 77.0 Å². The standard InChI is InChI=1S/C48H90O20/c1-4-6-8-10-12-14-16-18-20-48(21-19-17-15-13-11-9-7-5-2,27-61-45-41(59)38(56)43(33(25-51)65-45)67-35-22-30(53)37(55)32(24-50)63-35)28-62-46-42(60)39(57)44(34(26-52)66-46)68-47-40(58)36(54)29(3)31(23-49)64-47/h29-47,49-60H,4-28H2,1-3H3/t29-,30?,31?,32?,33?,34?,35-,36?,37+,38?,39?,40+,41+,42+,43-,44-,45-,46?,47?/m0/s1. The van der Waals surface area contributed by atoms with E-state index in [-0.39, 0.29) is 19.6 Å². The topological polar surface area (TPSA) is 317 Å². The summed E-state index contributed by atoms with van der Waals surface area (Å²) in [6.45, 7) is 3.33. The summed E-state index contributed by atoms with van der Waals surface area (Å²) < 4.78 is 47.9. The Kier molecular flexibility index (Phi) is 27.3. The molecule has 402 valence electrons. The van der Waals surface area contributed by atoms with Crippen LogP contribution in [-0.2, 0) is 37.9 Å². The fraction of sp³-hybridized carbons (Fsp3) is 1.00. The summed E-state index contributed by atoms with van der Waals surface area (Å²) in [5.41, 5.74) is -0.811. The van der Waals surface area contributed by atoms with Crippen LogP contribution in [0.5, 0.6) is 0 Å². The SMILES string of the molecule is CCCCCCCCCCC(CCCCCCCCCC)(COC1OC(CO)[C@H](OC2OC(CO)[C@H](C)C(O)[C@H]2O)C(O)[C@H]1O)CO[C@H]1OC(CO)[C@H](O[C@H]2CC(O)[C@@H](O)C(CO)O2)C(O)[C@H]1O. The average molecular weight is 987 g/mol. The minimum Gasteiger partial charge on any atom is -0.394 e. The average Bonchev–Trinajstić information content (AvgIpc) is 3.33. The van der Waals surface area contributed by atoms with E-state index in [1.807, 2.05) is 0 Å². The smallest absolute Gasteiger partial charge is 0.187 e. The molecule has 0 aliphatic carbocycles. The van der Waals surface area contributed by atoms with Crippen LogP contribution in [0.4, 0.5) is 0 Å². The van der Waals surface area contributed by atoms with Crippen molar-refractivity contribution >= 4 is 0 Å². The highest BCUT2D eigenvalue weighted by atomic mass is 16.8. The minimum atomic E-state index is -1.73. The largest absolute Gasteiger partial charge is 0.394 e. The molecule has 19 atom stereocenters. The molecular weight excluding hydrogens is 897 g/mol. The minimum absolute atomic E-state index is 0.0731. The Morgan fingerprint density at radius 3 is 1.26 bits per heavy atom. The summed E-state index contributed by atoms with van der Waals surface area (Å²) in [5, 5.41) is 128. The van der Waals surface area contributed by atoms with Crippen LogP contribution in [0.2, 0.25) is 0 Å². The van der Waals surface area contributed by atoms with Gasteiger partial charge in [-0.2, -0.15) is 0 Å². The molecule has 12 N–H and O–H groups in total. The molecule has 0 saturated carbocycles. The molecule has 0 spiro atoms. The summed E-state index contributed by atoms with van der Waals surface area (Å²) in [6.07, 6.45) is -7.70. The second kappa shape index (κ2) is 31.1. The van der Waals surface area contributed by atoms with Crippen molar-refractivity contribution in [2.45, 2.75) is 253 Å². The van der Waals surface area contributed by atoms with Crippen molar-refractivity contribution in [1.82, 2.24) is 0 Å². The van der Waals surface area contributed by atoms with E-state index >= 15 is 0 Å². The molecule has 4 fully saturated rings. The van der Waals surface area contributed by atoms with Crippen molar-refractivity contribution < 1.29 is 99.2 Å². The fourth-order valence-corrected chi connectivity index (χ4v) is 9.83. The third-order valence-electron chi connectivity index (χ3n) is 14.4. The molecule has 4 aliphatic rings. The zero-order valence-electron chi connectivity index (χ0n) is 40.8. The predicted octanol–water partition coefficient (Wildman–Crippen LogP) is 0.620. The van der Waals surface area contributed by atoms with E-state index in [4.69, 9.17) is 37.9 Å². The van der Waals surface area contributed by atoms with E-state index in [1.165, 1.54) is 25.7 Å². The molecule has 4 rings (SSSR count). The van der Waals surface area contributed by atoms with Gasteiger partial charge in [0.25, 0.3) is 0 Å². The van der Waals surface area contributed by atoms with Crippen LogP contribution in [0, 0.1) is 11.3 Å². The van der Waals surface area contributed by atoms with Gasteiger partial charge in [-0.15, -0.1) is 0 Å². The maximum atomic E-state index is 11.5. The molecular formula is C48H90O20. The lowest BCUT2D eigenvalue weighted by molar-refractivity contribution is -0.359. The Morgan fingerprint density at radius 1 is 0.426 bits per heavy atom. The van der Waals surface area contributed by atoms with Crippen molar-refractivity contribution in [3.8, 4) is 0 Å². The number of hydrogen-bond donors (Lipinski definition) is 12. The highest BCUT2D eigenvalue weighted by molar-refractivity contribution is 4.95. The first-order valence-electron chi connectivity index (χ1n) is 25.7. The molecule has 0 bridgehead atoms. The van der Waals surface area contributed by atoms with Crippen molar-refractivity contribution in [1.29, 1.82) is 0 Å². The molecule has 4 saturated heterocycles. The monoisotopic (exact) mass is 987 g/mol. The zero-order chi connectivity index (χ0) is 49.8. The summed E-state index contributed by atoms with van der Waals surface area (Å²) >= 11 is 0. The van der Waals surface area contributed by atoms with Crippen LogP contribution in [0.1, 0.15) is 143 Å². The molecule has 68 heavy (non-hydrogen) atoms. The van der Waals surface area contributed by atoms with E-state index in [9.17, 15) is 61.3 Å². The first kappa shape index (κ1) is 59.8. The van der Waals surface area contributed by atoms with Crippen LogP contribution < -0.4 is 0 Å². The lowest BCUT2D eigenvalue weighted by Crippen LogP contribution is -2.64.